The Morgan fingerprint density at radius 1 is 1.40 bits per heavy atom. The highest BCUT2D eigenvalue weighted by Gasteiger charge is 2.34. The molecule has 2 N–H and O–H groups in total. The van der Waals surface area contributed by atoms with Crippen molar-refractivity contribution in [3.8, 4) is 0 Å². The third-order valence-electron chi connectivity index (χ3n) is 4.00. The first kappa shape index (κ1) is 20.0. The summed E-state index contributed by atoms with van der Waals surface area (Å²) in [5.41, 5.74) is 6.26. The summed E-state index contributed by atoms with van der Waals surface area (Å²) in [6.07, 6.45) is 1.12. The van der Waals surface area contributed by atoms with E-state index in [9.17, 15) is 18.0 Å². The van der Waals surface area contributed by atoms with Crippen molar-refractivity contribution in [2.45, 2.75) is 25.8 Å². The van der Waals surface area contributed by atoms with Crippen LogP contribution in [0.2, 0.25) is 0 Å². The smallest absolute Gasteiger partial charge is 0.340 e. The van der Waals surface area contributed by atoms with Crippen LogP contribution in [-0.2, 0) is 19.4 Å². The third kappa shape index (κ3) is 5.30. The lowest BCUT2D eigenvalue weighted by atomic mass is 10.2. The number of esters is 1. The standard InChI is InChI=1S/C16H21IN2O5S/c1-2-6-19(12-5-7-25(22,23)10-12)15(20)9-24-16(21)13-8-11(17)3-4-14(13)18/h3-4,8,12H,2,5-7,9-10,18H2,1H3. The third-order valence-corrected chi connectivity index (χ3v) is 6.42. The molecule has 1 atom stereocenters. The van der Waals surface area contributed by atoms with Crippen molar-refractivity contribution in [1.82, 2.24) is 4.90 Å². The maximum Gasteiger partial charge on any atom is 0.340 e. The number of halogens is 1. The Balaban J connectivity index is 2.01. The van der Waals surface area contributed by atoms with E-state index in [0.717, 1.165) is 3.57 Å². The van der Waals surface area contributed by atoms with E-state index in [0.29, 0.717) is 19.4 Å². The van der Waals surface area contributed by atoms with Gasteiger partial charge in [0.1, 0.15) is 0 Å². The summed E-state index contributed by atoms with van der Waals surface area (Å²) in [7, 11) is -3.10. The van der Waals surface area contributed by atoms with Crippen LogP contribution in [0.5, 0.6) is 0 Å². The summed E-state index contributed by atoms with van der Waals surface area (Å²) in [6, 6.07) is 4.61. The van der Waals surface area contributed by atoms with Gasteiger partial charge < -0.3 is 15.4 Å². The molecule has 1 fully saturated rings. The van der Waals surface area contributed by atoms with Gasteiger partial charge in [-0.25, -0.2) is 13.2 Å². The van der Waals surface area contributed by atoms with Crippen LogP contribution in [0.15, 0.2) is 18.2 Å². The van der Waals surface area contributed by atoms with Crippen molar-refractivity contribution < 1.29 is 22.7 Å². The van der Waals surface area contributed by atoms with E-state index in [-0.39, 0.29) is 34.7 Å². The molecule has 2 rings (SSSR count). The molecule has 1 saturated heterocycles. The lowest BCUT2D eigenvalue weighted by molar-refractivity contribution is -0.136. The van der Waals surface area contributed by atoms with Crippen LogP contribution < -0.4 is 5.73 Å². The molecule has 25 heavy (non-hydrogen) atoms. The van der Waals surface area contributed by atoms with Gasteiger partial charge in [-0.1, -0.05) is 6.92 Å². The van der Waals surface area contributed by atoms with Crippen LogP contribution in [0.4, 0.5) is 5.69 Å². The molecule has 1 aliphatic rings. The van der Waals surface area contributed by atoms with Gasteiger partial charge in [-0.3, -0.25) is 4.79 Å². The van der Waals surface area contributed by atoms with Crippen LogP contribution in [-0.4, -0.2) is 55.9 Å². The summed E-state index contributed by atoms with van der Waals surface area (Å²) >= 11 is 2.05. The first-order valence-electron chi connectivity index (χ1n) is 7.95. The molecule has 1 aliphatic heterocycles. The van der Waals surface area contributed by atoms with Gasteiger partial charge in [0, 0.05) is 21.8 Å². The average molecular weight is 480 g/mol. The number of rotatable bonds is 6. The van der Waals surface area contributed by atoms with Crippen LogP contribution in [0.1, 0.15) is 30.1 Å². The summed E-state index contributed by atoms with van der Waals surface area (Å²) < 4.78 is 29.2. The molecule has 0 aromatic heterocycles. The largest absolute Gasteiger partial charge is 0.452 e. The van der Waals surface area contributed by atoms with E-state index in [4.69, 9.17) is 10.5 Å². The van der Waals surface area contributed by atoms with Crippen molar-refractivity contribution >= 4 is 50.0 Å². The molecule has 0 radical (unpaired) electrons. The number of nitrogens with zero attached hydrogens (tertiary/aromatic N) is 1. The minimum atomic E-state index is -3.10. The first-order valence-corrected chi connectivity index (χ1v) is 10.9. The predicted molar refractivity (Wildman–Crippen MR) is 103 cm³/mol. The first-order chi connectivity index (χ1) is 11.7. The molecular weight excluding hydrogens is 459 g/mol. The highest BCUT2D eigenvalue weighted by Crippen LogP contribution is 2.19. The number of benzene rings is 1. The molecule has 0 aliphatic carbocycles. The lowest BCUT2D eigenvalue weighted by Gasteiger charge is -2.27. The zero-order chi connectivity index (χ0) is 18.6. The Labute approximate surface area is 160 Å². The zero-order valence-electron chi connectivity index (χ0n) is 13.9. The molecule has 1 unspecified atom stereocenters. The van der Waals surface area contributed by atoms with E-state index in [2.05, 4.69) is 22.6 Å². The second kappa shape index (κ2) is 8.35. The Kier molecular flexibility index (Phi) is 6.66. The van der Waals surface area contributed by atoms with Gasteiger partial charge in [0.05, 0.1) is 17.1 Å². The number of carbonyl (C=O) groups excluding carboxylic acids is 2. The molecule has 0 saturated carbocycles. The second-order valence-corrected chi connectivity index (χ2v) is 9.43. The van der Waals surface area contributed by atoms with Gasteiger partial charge in [0.2, 0.25) is 0 Å². The Morgan fingerprint density at radius 3 is 2.72 bits per heavy atom. The quantitative estimate of drug-likeness (QED) is 0.376. The number of nitrogen functional groups attached to an aromatic ring is 1. The molecule has 1 aromatic carbocycles. The van der Waals surface area contributed by atoms with Gasteiger partial charge in [-0.2, -0.15) is 0 Å². The van der Waals surface area contributed by atoms with Crippen LogP contribution in [0.3, 0.4) is 0 Å². The highest BCUT2D eigenvalue weighted by atomic mass is 127. The van der Waals surface area contributed by atoms with Crippen LogP contribution in [0.25, 0.3) is 0 Å². The molecule has 1 amide bonds. The van der Waals surface area contributed by atoms with Crippen molar-refractivity contribution in [3.63, 3.8) is 0 Å². The lowest BCUT2D eigenvalue weighted by Crippen LogP contribution is -2.43. The number of sulfone groups is 1. The van der Waals surface area contributed by atoms with Gasteiger partial charge in [-0.05, 0) is 53.6 Å². The number of anilines is 1. The Morgan fingerprint density at radius 2 is 2.12 bits per heavy atom. The normalized spacial score (nSPS) is 18.7. The Hall–Kier alpha value is -1.36. The maximum absolute atomic E-state index is 12.4. The summed E-state index contributed by atoms with van der Waals surface area (Å²) in [4.78, 5) is 26.1. The van der Waals surface area contributed by atoms with E-state index in [1.807, 2.05) is 6.92 Å². The number of hydrogen-bond donors (Lipinski definition) is 1. The fourth-order valence-corrected chi connectivity index (χ4v) is 4.99. The molecule has 1 heterocycles. The summed E-state index contributed by atoms with van der Waals surface area (Å²) in [6.45, 7) is 1.91. The van der Waals surface area contributed by atoms with Crippen LogP contribution in [0, 0.1) is 3.57 Å². The van der Waals surface area contributed by atoms with E-state index in [1.165, 1.54) is 4.90 Å². The maximum atomic E-state index is 12.4. The zero-order valence-corrected chi connectivity index (χ0v) is 16.9. The number of amides is 1. The fourth-order valence-electron chi connectivity index (χ4n) is 2.77. The van der Waals surface area contributed by atoms with Crippen molar-refractivity contribution in [1.29, 1.82) is 0 Å². The van der Waals surface area contributed by atoms with E-state index in [1.54, 1.807) is 18.2 Å². The second-order valence-electron chi connectivity index (χ2n) is 5.95. The molecule has 7 nitrogen and oxygen atoms in total. The minimum Gasteiger partial charge on any atom is -0.452 e. The molecule has 9 heteroatoms. The summed E-state index contributed by atoms with van der Waals surface area (Å²) in [5, 5.41) is 0. The van der Waals surface area contributed by atoms with Crippen LogP contribution >= 0.6 is 22.6 Å². The number of carbonyl (C=O) groups is 2. The minimum absolute atomic E-state index is 0.0312. The SMILES string of the molecule is CCCN(C(=O)COC(=O)c1cc(I)ccc1N)C1CCS(=O)(=O)C1. The highest BCUT2D eigenvalue weighted by molar-refractivity contribution is 14.1. The number of nitrogens with two attached hydrogens (primary N) is 1. The predicted octanol–water partition coefficient (Wildman–Crippen LogP) is 1.46. The average Bonchev–Trinajstić information content (AvgIpc) is 2.91. The Bertz CT molecular complexity index is 766. The monoisotopic (exact) mass is 480 g/mol. The number of ether oxygens (including phenoxy) is 1. The molecule has 138 valence electrons. The van der Waals surface area contributed by atoms with Gasteiger partial charge in [-0.15, -0.1) is 0 Å². The van der Waals surface area contributed by atoms with Crippen molar-refractivity contribution in [2.24, 2.45) is 0 Å². The molecule has 0 spiro atoms. The van der Waals surface area contributed by atoms with E-state index >= 15 is 0 Å². The topological polar surface area (TPSA) is 107 Å². The van der Waals surface area contributed by atoms with Gasteiger partial charge in [0.15, 0.2) is 16.4 Å². The fraction of sp³-hybridized carbons (Fsp3) is 0.500. The molecule has 0 bridgehead atoms. The van der Waals surface area contributed by atoms with E-state index < -0.39 is 22.4 Å². The summed E-state index contributed by atoms with van der Waals surface area (Å²) in [5.74, 6) is -0.998. The molecular formula is C16H21IN2O5S. The number of hydrogen-bond acceptors (Lipinski definition) is 6. The van der Waals surface area contributed by atoms with Crippen molar-refractivity contribution in [3.05, 3.63) is 27.3 Å². The molecule has 1 aromatic rings. The van der Waals surface area contributed by atoms with Crippen molar-refractivity contribution in [2.75, 3.05) is 30.4 Å². The van der Waals surface area contributed by atoms with Gasteiger partial charge in [0.25, 0.3) is 5.91 Å². The van der Waals surface area contributed by atoms with Gasteiger partial charge >= 0.3 is 5.97 Å².